The Bertz CT molecular complexity index is 1000. The Morgan fingerprint density at radius 2 is 1.43 bits per heavy atom. The molecule has 2 aliphatic rings. The lowest BCUT2D eigenvalue weighted by Gasteiger charge is -2.29. The molecule has 0 N–H and O–H groups in total. The summed E-state index contributed by atoms with van der Waals surface area (Å²) in [5.41, 5.74) is 1.54. The van der Waals surface area contributed by atoms with Gasteiger partial charge < -0.3 is 9.47 Å². The van der Waals surface area contributed by atoms with Crippen molar-refractivity contribution in [2.45, 2.75) is 83.2 Å². The van der Waals surface area contributed by atoms with Gasteiger partial charge in [0.1, 0.15) is 11.6 Å². The fraction of sp³-hybridized carbons (Fsp3) is 0.533. The van der Waals surface area contributed by atoms with Gasteiger partial charge in [-0.25, -0.2) is 13.2 Å². The van der Waals surface area contributed by atoms with Crippen molar-refractivity contribution in [2.24, 2.45) is 5.92 Å². The largest absolute Gasteiger partial charge is 0.494 e. The van der Waals surface area contributed by atoms with Gasteiger partial charge in [0, 0.05) is 18.2 Å². The average molecular weight is 487 g/mol. The van der Waals surface area contributed by atoms with Crippen LogP contribution in [0, 0.1) is 23.4 Å². The predicted octanol–water partition coefficient (Wildman–Crippen LogP) is 8.55. The van der Waals surface area contributed by atoms with Crippen LogP contribution in [0.15, 0.2) is 36.4 Å². The first-order chi connectivity index (χ1) is 17.0. The molecule has 0 radical (unpaired) electrons. The van der Waals surface area contributed by atoms with Crippen molar-refractivity contribution < 1.29 is 22.6 Å². The van der Waals surface area contributed by atoms with E-state index in [1.165, 1.54) is 6.07 Å². The second kappa shape index (κ2) is 12.1. The molecule has 0 aliphatic heterocycles. The van der Waals surface area contributed by atoms with Gasteiger partial charge in [0.2, 0.25) is 0 Å². The van der Waals surface area contributed by atoms with E-state index in [1.807, 2.05) is 32.1 Å². The average Bonchev–Trinajstić information content (AvgIpc) is 2.87. The molecule has 0 aromatic heterocycles. The SMILES string of the molecule is CCOc1ccc(C2CCC(/C=C/c3ccc(C4CCC(OCC)CC4)c(F)c3F)CC2)c(F)c1. The molecule has 0 saturated heterocycles. The number of rotatable bonds is 8. The van der Waals surface area contributed by atoms with Gasteiger partial charge in [-0.1, -0.05) is 30.4 Å². The minimum Gasteiger partial charge on any atom is -0.494 e. The number of allylic oxidation sites excluding steroid dienone is 1. The molecule has 2 saturated carbocycles. The molecular weight excluding hydrogens is 449 g/mol. The van der Waals surface area contributed by atoms with E-state index in [2.05, 4.69) is 0 Å². The number of halogens is 3. The second-order valence-corrected chi connectivity index (χ2v) is 9.89. The van der Waals surface area contributed by atoms with Crippen molar-refractivity contribution in [3.05, 3.63) is 70.5 Å². The topological polar surface area (TPSA) is 18.5 Å². The van der Waals surface area contributed by atoms with E-state index in [0.717, 1.165) is 56.9 Å². The highest BCUT2D eigenvalue weighted by Crippen LogP contribution is 2.39. The number of ether oxygens (including phenoxy) is 2. The fourth-order valence-corrected chi connectivity index (χ4v) is 5.76. The molecule has 0 bridgehead atoms. The molecule has 0 amide bonds. The molecule has 0 unspecified atom stereocenters. The second-order valence-electron chi connectivity index (χ2n) is 9.89. The highest BCUT2D eigenvalue weighted by atomic mass is 19.2. The molecule has 2 aliphatic carbocycles. The third-order valence-electron chi connectivity index (χ3n) is 7.70. The Balaban J connectivity index is 1.34. The zero-order chi connectivity index (χ0) is 24.8. The molecule has 5 heteroatoms. The zero-order valence-corrected chi connectivity index (χ0v) is 20.9. The van der Waals surface area contributed by atoms with Gasteiger partial charge in [-0.15, -0.1) is 0 Å². The first-order valence-corrected chi connectivity index (χ1v) is 13.2. The summed E-state index contributed by atoms with van der Waals surface area (Å²) in [5, 5.41) is 0. The number of hydrogen-bond donors (Lipinski definition) is 0. The summed E-state index contributed by atoms with van der Waals surface area (Å²) >= 11 is 0. The highest BCUT2D eigenvalue weighted by Gasteiger charge is 2.27. The van der Waals surface area contributed by atoms with E-state index in [0.29, 0.717) is 30.1 Å². The number of hydrogen-bond acceptors (Lipinski definition) is 2. The minimum atomic E-state index is -0.754. The van der Waals surface area contributed by atoms with Crippen molar-refractivity contribution in [2.75, 3.05) is 13.2 Å². The number of benzene rings is 2. The van der Waals surface area contributed by atoms with E-state index in [9.17, 15) is 13.2 Å². The van der Waals surface area contributed by atoms with Crippen molar-refractivity contribution in [3.8, 4) is 5.75 Å². The van der Waals surface area contributed by atoms with Crippen LogP contribution in [0.25, 0.3) is 6.08 Å². The van der Waals surface area contributed by atoms with Crippen LogP contribution in [0.4, 0.5) is 13.2 Å². The highest BCUT2D eigenvalue weighted by molar-refractivity contribution is 5.52. The summed E-state index contributed by atoms with van der Waals surface area (Å²) in [5.74, 6) is -0.590. The zero-order valence-electron chi connectivity index (χ0n) is 20.9. The smallest absolute Gasteiger partial charge is 0.166 e. The van der Waals surface area contributed by atoms with Crippen LogP contribution in [-0.4, -0.2) is 19.3 Å². The Labute approximate surface area is 207 Å². The Hall–Kier alpha value is -2.27. The van der Waals surface area contributed by atoms with Crippen LogP contribution in [0.5, 0.6) is 5.75 Å². The van der Waals surface area contributed by atoms with E-state index in [4.69, 9.17) is 9.47 Å². The maximum absolute atomic E-state index is 14.9. The molecule has 190 valence electrons. The van der Waals surface area contributed by atoms with Gasteiger partial charge >= 0.3 is 0 Å². The van der Waals surface area contributed by atoms with Gasteiger partial charge in [-0.2, -0.15) is 0 Å². The van der Waals surface area contributed by atoms with E-state index >= 15 is 0 Å². The minimum absolute atomic E-state index is 0.0532. The molecule has 0 heterocycles. The standard InChI is InChI=1S/C30H37F3O2/c1-3-34-24-14-11-22(12-15-24)27-17-13-23(29(32)30(27)33)10-7-20-5-8-21(9-6-20)26-18-16-25(35-4-2)19-28(26)31/h7,10,13,16-22,24H,3-6,8-9,11-12,14-15H2,1-2H3/b10-7+. The Kier molecular flexibility index (Phi) is 8.94. The predicted molar refractivity (Wildman–Crippen MR) is 134 cm³/mol. The van der Waals surface area contributed by atoms with Crippen LogP contribution in [-0.2, 0) is 4.74 Å². The maximum Gasteiger partial charge on any atom is 0.166 e. The fourth-order valence-electron chi connectivity index (χ4n) is 5.76. The molecule has 0 atom stereocenters. The van der Waals surface area contributed by atoms with Crippen LogP contribution in [0.3, 0.4) is 0 Å². The van der Waals surface area contributed by atoms with E-state index in [1.54, 1.807) is 18.2 Å². The summed E-state index contributed by atoms with van der Waals surface area (Å²) in [6, 6.07) is 8.61. The van der Waals surface area contributed by atoms with Crippen LogP contribution in [0.1, 0.15) is 93.7 Å². The Morgan fingerprint density at radius 1 is 0.771 bits per heavy atom. The van der Waals surface area contributed by atoms with Gasteiger partial charge in [-0.3, -0.25) is 0 Å². The summed E-state index contributed by atoms with van der Waals surface area (Å²) in [6.07, 6.45) is 11.0. The van der Waals surface area contributed by atoms with Crippen LogP contribution >= 0.6 is 0 Å². The lowest BCUT2D eigenvalue weighted by atomic mass is 9.78. The lowest BCUT2D eigenvalue weighted by Crippen LogP contribution is -2.21. The summed E-state index contributed by atoms with van der Waals surface area (Å²) < 4.78 is 55.4. The molecule has 2 nitrogen and oxygen atoms in total. The lowest BCUT2D eigenvalue weighted by molar-refractivity contribution is 0.0325. The van der Waals surface area contributed by atoms with Gasteiger partial charge in [0.25, 0.3) is 0 Å². The van der Waals surface area contributed by atoms with Crippen LogP contribution < -0.4 is 4.74 Å². The van der Waals surface area contributed by atoms with Crippen molar-refractivity contribution in [1.82, 2.24) is 0 Å². The van der Waals surface area contributed by atoms with Crippen LogP contribution in [0.2, 0.25) is 0 Å². The van der Waals surface area contributed by atoms with Crippen molar-refractivity contribution >= 4 is 6.08 Å². The molecule has 2 aromatic carbocycles. The summed E-state index contributed by atoms with van der Waals surface area (Å²) in [4.78, 5) is 0. The normalized spacial score (nSPS) is 25.2. The Morgan fingerprint density at radius 3 is 2.09 bits per heavy atom. The van der Waals surface area contributed by atoms with Gasteiger partial charge in [-0.05, 0) is 100 Å². The molecule has 2 aromatic rings. The van der Waals surface area contributed by atoms with E-state index in [-0.39, 0.29) is 29.7 Å². The molecule has 0 spiro atoms. The van der Waals surface area contributed by atoms with Gasteiger partial charge in [0.15, 0.2) is 11.6 Å². The monoisotopic (exact) mass is 486 g/mol. The quantitative estimate of drug-likeness (QED) is 0.372. The first-order valence-electron chi connectivity index (χ1n) is 13.2. The molecular formula is C30H37F3O2. The van der Waals surface area contributed by atoms with Crippen molar-refractivity contribution in [1.29, 1.82) is 0 Å². The molecule has 2 fully saturated rings. The third-order valence-corrected chi connectivity index (χ3v) is 7.70. The molecule has 35 heavy (non-hydrogen) atoms. The first kappa shape index (κ1) is 25.8. The summed E-state index contributed by atoms with van der Waals surface area (Å²) in [7, 11) is 0. The maximum atomic E-state index is 14.9. The van der Waals surface area contributed by atoms with Crippen molar-refractivity contribution in [3.63, 3.8) is 0 Å². The molecule has 4 rings (SSSR count). The van der Waals surface area contributed by atoms with E-state index < -0.39 is 11.6 Å². The summed E-state index contributed by atoms with van der Waals surface area (Å²) in [6.45, 7) is 5.07. The van der Waals surface area contributed by atoms with Gasteiger partial charge in [0.05, 0.1) is 12.7 Å². The third kappa shape index (κ3) is 6.30.